The Bertz CT molecular complexity index is 542. The number of amides is 2. The van der Waals surface area contributed by atoms with Gasteiger partial charge >= 0.3 is 12.0 Å². The molecular weight excluding hydrogens is 338 g/mol. The van der Waals surface area contributed by atoms with Crippen LogP contribution in [0.15, 0.2) is 22.7 Å². The average molecular weight is 356 g/mol. The first kappa shape index (κ1) is 15.8. The molecule has 1 aromatic rings. The molecule has 1 aliphatic heterocycles. The first-order chi connectivity index (χ1) is 9.95. The van der Waals surface area contributed by atoms with E-state index in [9.17, 15) is 9.59 Å². The highest BCUT2D eigenvalue weighted by Crippen LogP contribution is 2.21. The van der Waals surface area contributed by atoms with Gasteiger partial charge in [-0.3, -0.25) is 0 Å². The maximum atomic E-state index is 12.0. The van der Waals surface area contributed by atoms with Crippen molar-refractivity contribution in [3.63, 3.8) is 0 Å². The van der Waals surface area contributed by atoms with Gasteiger partial charge in [-0.25, -0.2) is 9.59 Å². The lowest BCUT2D eigenvalue weighted by Gasteiger charge is -2.29. The molecule has 2 rings (SSSR count). The monoisotopic (exact) mass is 355 g/mol. The fraction of sp³-hybridized carbons (Fsp3) is 0.429. The largest absolute Gasteiger partial charge is 0.478 e. The Hall–Kier alpha value is -1.60. The van der Waals surface area contributed by atoms with Crippen molar-refractivity contribution in [1.29, 1.82) is 0 Å². The van der Waals surface area contributed by atoms with Crippen LogP contribution in [0.2, 0.25) is 0 Å². The molecular formula is C14H18BrN3O3. The molecule has 6 nitrogen and oxygen atoms in total. The number of likely N-dealkylation sites (tertiary alicyclic amines) is 1. The van der Waals surface area contributed by atoms with Gasteiger partial charge in [0.15, 0.2) is 0 Å². The molecule has 0 radical (unpaired) electrons. The van der Waals surface area contributed by atoms with Crippen LogP contribution in [-0.4, -0.2) is 48.2 Å². The highest BCUT2D eigenvalue weighted by molar-refractivity contribution is 9.10. The van der Waals surface area contributed by atoms with Gasteiger partial charge in [0.25, 0.3) is 0 Å². The molecule has 7 heteroatoms. The molecule has 0 aliphatic carbocycles. The molecule has 1 saturated heterocycles. The summed E-state index contributed by atoms with van der Waals surface area (Å²) in [5, 5.41) is 14.6. The van der Waals surface area contributed by atoms with Crippen LogP contribution in [0, 0.1) is 0 Å². The third-order valence-corrected chi connectivity index (χ3v) is 4.01. The van der Waals surface area contributed by atoms with Crippen LogP contribution in [0.4, 0.5) is 10.5 Å². The first-order valence-corrected chi connectivity index (χ1v) is 7.54. The van der Waals surface area contributed by atoms with E-state index >= 15 is 0 Å². The summed E-state index contributed by atoms with van der Waals surface area (Å²) in [4.78, 5) is 25.4. The third-order valence-electron chi connectivity index (χ3n) is 3.51. The van der Waals surface area contributed by atoms with Crippen molar-refractivity contribution in [1.82, 2.24) is 10.2 Å². The quantitative estimate of drug-likeness (QED) is 0.777. The highest BCUT2D eigenvalue weighted by atomic mass is 79.9. The molecule has 114 valence electrons. The number of aromatic carboxylic acids is 1. The normalized spacial score (nSPS) is 16.5. The second-order valence-electron chi connectivity index (χ2n) is 5.17. The van der Waals surface area contributed by atoms with Gasteiger partial charge in [-0.15, -0.1) is 0 Å². The zero-order chi connectivity index (χ0) is 15.4. The van der Waals surface area contributed by atoms with Gasteiger partial charge in [0.2, 0.25) is 0 Å². The Morgan fingerprint density at radius 3 is 2.62 bits per heavy atom. The third kappa shape index (κ3) is 4.44. The minimum atomic E-state index is -1.07. The van der Waals surface area contributed by atoms with Gasteiger partial charge in [-0.1, -0.05) is 15.9 Å². The van der Waals surface area contributed by atoms with E-state index in [4.69, 9.17) is 5.11 Å². The fourth-order valence-corrected chi connectivity index (χ4v) is 2.66. The number of carboxylic acid groups (broad SMARTS) is 1. The minimum Gasteiger partial charge on any atom is -0.478 e. The predicted octanol–water partition coefficient (Wildman–Crippen LogP) is 2.36. The highest BCUT2D eigenvalue weighted by Gasteiger charge is 2.19. The van der Waals surface area contributed by atoms with Gasteiger partial charge in [0, 0.05) is 10.5 Å². The molecule has 1 aromatic carbocycles. The number of piperidine rings is 1. The van der Waals surface area contributed by atoms with Crippen molar-refractivity contribution in [3.05, 3.63) is 28.2 Å². The van der Waals surface area contributed by atoms with E-state index in [0.717, 1.165) is 25.9 Å². The summed E-state index contributed by atoms with van der Waals surface area (Å²) < 4.78 is 0.710. The van der Waals surface area contributed by atoms with Crippen molar-refractivity contribution in [2.75, 3.05) is 25.5 Å². The van der Waals surface area contributed by atoms with Crippen LogP contribution in [0.3, 0.4) is 0 Å². The van der Waals surface area contributed by atoms with Crippen molar-refractivity contribution in [2.45, 2.75) is 18.9 Å². The minimum absolute atomic E-state index is 0.0664. The van der Waals surface area contributed by atoms with Gasteiger partial charge < -0.3 is 20.6 Å². The molecule has 1 fully saturated rings. The molecule has 0 saturated carbocycles. The van der Waals surface area contributed by atoms with E-state index in [0.29, 0.717) is 4.47 Å². The Morgan fingerprint density at radius 2 is 2.00 bits per heavy atom. The second-order valence-corrected chi connectivity index (χ2v) is 6.09. The van der Waals surface area contributed by atoms with Gasteiger partial charge in [0.05, 0.1) is 11.3 Å². The molecule has 21 heavy (non-hydrogen) atoms. The number of urea groups is 1. The van der Waals surface area contributed by atoms with Crippen molar-refractivity contribution in [2.24, 2.45) is 0 Å². The van der Waals surface area contributed by atoms with Crippen molar-refractivity contribution < 1.29 is 14.7 Å². The fourth-order valence-electron chi connectivity index (χ4n) is 2.30. The Labute approximate surface area is 131 Å². The van der Waals surface area contributed by atoms with E-state index in [1.54, 1.807) is 12.1 Å². The zero-order valence-corrected chi connectivity index (χ0v) is 13.3. The summed E-state index contributed by atoms with van der Waals surface area (Å²) in [5.74, 6) is -1.07. The SMILES string of the molecule is CN1CCC(NC(=O)Nc2cc(Br)ccc2C(=O)O)CC1. The molecule has 0 spiro atoms. The van der Waals surface area contributed by atoms with Crippen LogP contribution in [0.1, 0.15) is 23.2 Å². The Morgan fingerprint density at radius 1 is 1.33 bits per heavy atom. The first-order valence-electron chi connectivity index (χ1n) is 6.74. The van der Waals surface area contributed by atoms with Crippen LogP contribution in [-0.2, 0) is 0 Å². The molecule has 3 N–H and O–H groups in total. The van der Waals surface area contributed by atoms with Gasteiger partial charge in [0.1, 0.15) is 0 Å². The van der Waals surface area contributed by atoms with E-state index in [2.05, 4.69) is 38.5 Å². The summed E-state index contributed by atoms with van der Waals surface area (Å²) >= 11 is 3.27. The van der Waals surface area contributed by atoms with E-state index in [1.165, 1.54) is 6.07 Å². The number of anilines is 1. The van der Waals surface area contributed by atoms with Crippen LogP contribution in [0.25, 0.3) is 0 Å². The van der Waals surface area contributed by atoms with Gasteiger partial charge in [-0.2, -0.15) is 0 Å². The number of hydrogen-bond acceptors (Lipinski definition) is 3. The predicted molar refractivity (Wildman–Crippen MR) is 83.8 cm³/mol. The number of nitrogens with one attached hydrogen (secondary N) is 2. The van der Waals surface area contributed by atoms with Gasteiger partial charge in [-0.05, 0) is 51.2 Å². The number of halogens is 1. The van der Waals surface area contributed by atoms with Crippen LogP contribution in [0.5, 0.6) is 0 Å². The number of carbonyl (C=O) groups is 2. The standard InChI is InChI=1S/C14H18BrN3O3/c1-18-6-4-10(5-7-18)16-14(21)17-12-8-9(15)2-3-11(12)13(19)20/h2-3,8,10H,4-7H2,1H3,(H,19,20)(H2,16,17,21). The smallest absolute Gasteiger partial charge is 0.337 e. The molecule has 0 aromatic heterocycles. The molecule has 2 amide bonds. The van der Waals surface area contributed by atoms with E-state index in [-0.39, 0.29) is 23.3 Å². The summed E-state index contributed by atoms with van der Waals surface area (Å²) in [5.41, 5.74) is 0.346. The summed E-state index contributed by atoms with van der Waals surface area (Å²) in [6.07, 6.45) is 1.79. The summed E-state index contributed by atoms with van der Waals surface area (Å²) in [6.45, 7) is 1.89. The Balaban J connectivity index is 1.99. The second kappa shape index (κ2) is 6.91. The van der Waals surface area contributed by atoms with Crippen LogP contribution >= 0.6 is 15.9 Å². The number of nitrogens with zero attached hydrogens (tertiary/aromatic N) is 1. The van der Waals surface area contributed by atoms with Crippen molar-refractivity contribution in [3.8, 4) is 0 Å². The topological polar surface area (TPSA) is 81.7 Å². The number of rotatable bonds is 3. The molecule has 0 bridgehead atoms. The lowest BCUT2D eigenvalue weighted by Crippen LogP contribution is -2.45. The molecule has 0 atom stereocenters. The molecule has 1 aliphatic rings. The number of carboxylic acids is 1. The van der Waals surface area contributed by atoms with Crippen molar-refractivity contribution >= 4 is 33.6 Å². The zero-order valence-electron chi connectivity index (χ0n) is 11.7. The van der Waals surface area contributed by atoms with E-state index in [1.807, 2.05) is 0 Å². The average Bonchev–Trinajstić information content (AvgIpc) is 2.41. The lowest BCUT2D eigenvalue weighted by atomic mass is 10.1. The molecule has 0 unspecified atom stereocenters. The number of hydrogen-bond donors (Lipinski definition) is 3. The Kier molecular flexibility index (Phi) is 5.19. The summed E-state index contributed by atoms with van der Waals surface area (Å²) in [6, 6.07) is 4.42. The molecule has 1 heterocycles. The number of carbonyl (C=O) groups excluding carboxylic acids is 1. The maximum Gasteiger partial charge on any atom is 0.337 e. The summed E-state index contributed by atoms with van der Waals surface area (Å²) in [7, 11) is 2.05. The maximum absolute atomic E-state index is 12.0. The lowest BCUT2D eigenvalue weighted by molar-refractivity contribution is 0.0698. The van der Waals surface area contributed by atoms with E-state index < -0.39 is 5.97 Å². The number of benzene rings is 1. The van der Waals surface area contributed by atoms with Crippen LogP contribution < -0.4 is 10.6 Å².